The molecule has 0 atom stereocenters. The standard InChI is InChI=1S/C21H26N2O4/c1-21(2,3)13-23(20(27)17-11-10-16(24)12-18(17)25)15-8-6-14(7-9-15)19(26)22(4)5/h6-12,24-25H,13H2,1-5H3. The molecule has 0 saturated carbocycles. The van der Waals surface area contributed by atoms with Crippen LogP contribution in [0.3, 0.4) is 0 Å². The molecule has 0 fully saturated rings. The van der Waals surface area contributed by atoms with Crippen LogP contribution in [-0.2, 0) is 0 Å². The van der Waals surface area contributed by atoms with Crippen molar-refractivity contribution in [3.05, 3.63) is 53.6 Å². The van der Waals surface area contributed by atoms with Crippen molar-refractivity contribution in [2.24, 2.45) is 5.41 Å². The predicted molar refractivity (Wildman–Crippen MR) is 105 cm³/mol. The van der Waals surface area contributed by atoms with Crippen LogP contribution in [0.4, 0.5) is 5.69 Å². The Hall–Kier alpha value is -3.02. The van der Waals surface area contributed by atoms with Crippen LogP contribution in [0.5, 0.6) is 11.5 Å². The first kappa shape index (κ1) is 20.3. The fourth-order valence-electron chi connectivity index (χ4n) is 2.64. The highest BCUT2D eigenvalue weighted by atomic mass is 16.3. The van der Waals surface area contributed by atoms with Gasteiger partial charge in [0.2, 0.25) is 0 Å². The van der Waals surface area contributed by atoms with E-state index in [1.807, 2.05) is 20.8 Å². The van der Waals surface area contributed by atoms with Gasteiger partial charge in [-0.2, -0.15) is 0 Å². The third kappa shape index (κ3) is 5.00. The van der Waals surface area contributed by atoms with Gasteiger partial charge in [0.1, 0.15) is 11.5 Å². The molecule has 27 heavy (non-hydrogen) atoms. The highest BCUT2D eigenvalue weighted by Gasteiger charge is 2.26. The smallest absolute Gasteiger partial charge is 0.262 e. The minimum atomic E-state index is -0.380. The van der Waals surface area contributed by atoms with Gasteiger partial charge in [-0.1, -0.05) is 20.8 Å². The Kier molecular flexibility index (Phi) is 5.78. The molecule has 0 aliphatic rings. The van der Waals surface area contributed by atoms with E-state index in [1.54, 1.807) is 43.3 Å². The Bertz CT molecular complexity index is 836. The van der Waals surface area contributed by atoms with Crippen molar-refractivity contribution in [2.75, 3.05) is 25.5 Å². The second kappa shape index (κ2) is 7.70. The summed E-state index contributed by atoms with van der Waals surface area (Å²) in [6.07, 6.45) is 0. The molecule has 2 N–H and O–H groups in total. The van der Waals surface area contributed by atoms with E-state index < -0.39 is 0 Å². The van der Waals surface area contributed by atoms with Crippen LogP contribution in [0, 0.1) is 5.41 Å². The molecule has 144 valence electrons. The van der Waals surface area contributed by atoms with Gasteiger partial charge in [0, 0.05) is 38.0 Å². The Morgan fingerprint density at radius 1 is 0.926 bits per heavy atom. The van der Waals surface area contributed by atoms with Crippen molar-refractivity contribution in [3.8, 4) is 11.5 Å². The number of hydrogen-bond acceptors (Lipinski definition) is 4. The van der Waals surface area contributed by atoms with Crippen LogP contribution in [0.1, 0.15) is 41.5 Å². The molecule has 0 aliphatic carbocycles. The number of amides is 2. The minimum Gasteiger partial charge on any atom is -0.508 e. The van der Waals surface area contributed by atoms with Crippen molar-refractivity contribution in [3.63, 3.8) is 0 Å². The summed E-state index contributed by atoms with van der Waals surface area (Å²) in [6, 6.07) is 10.7. The summed E-state index contributed by atoms with van der Waals surface area (Å²) in [5.74, 6) is -0.892. The SMILES string of the molecule is CN(C)C(=O)c1ccc(N(CC(C)(C)C)C(=O)c2ccc(O)cc2O)cc1. The molecule has 0 spiro atoms. The fourth-order valence-corrected chi connectivity index (χ4v) is 2.64. The summed E-state index contributed by atoms with van der Waals surface area (Å²) in [6.45, 7) is 6.43. The number of phenolic OH excluding ortho intramolecular Hbond substituents is 2. The van der Waals surface area contributed by atoms with E-state index in [0.29, 0.717) is 17.8 Å². The number of carbonyl (C=O) groups is 2. The van der Waals surface area contributed by atoms with E-state index >= 15 is 0 Å². The molecular weight excluding hydrogens is 344 g/mol. The summed E-state index contributed by atoms with van der Waals surface area (Å²) in [5.41, 5.74) is 1.06. The van der Waals surface area contributed by atoms with Gasteiger partial charge < -0.3 is 20.0 Å². The predicted octanol–water partition coefficient (Wildman–Crippen LogP) is 3.49. The number of carbonyl (C=O) groups excluding carboxylic acids is 2. The molecule has 6 heteroatoms. The topological polar surface area (TPSA) is 81.1 Å². The summed E-state index contributed by atoms with van der Waals surface area (Å²) in [5, 5.41) is 19.5. The number of benzene rings is 2. The molecule has 0 radical (unpaired) electrons. The Balaban J connectivity index is 2.42. The average Bonchev–Trinajstić information content (AvgIpc) is 2.58. The van der Waals surface area contributed by atoms with Gasteiger partial charge in [0.05, 0.1) is 5.56 Å². The summed E-state index contributed by atoms with van der Waals surface area (Å²) < 4.78 is 0. The van der Waals surface area contributed by atoms with Gasteiger partial charge >= 0.3 is 0 Å². The van der Waals surface area contributed by atoms with Gasteiger partial charge in [-0.3, -0.25) is 9.59 Å². The van der Waals surface area contributed by atoms with Crippen LogP contribution < -0.4 is 4.90 Å². The van der Waals surface area contributed by atoms with Crippen LogP contribution in [-0.4, -0.2) is 47.6 Å². The number of aromatic hydroxyl groups is 2. The molecule has 2 rings (SSSR count). The van der Waals surface area contributed by atoms with E-state index in [-0.39, 0.29) is 34.3 Å². The van der Waals surface area contributed by atoms with E-state index in [4.69, 9.17) is 0 Å². The zero-order valence-electron chi connectivity index (χ0n) is 16.4. The van der Waals surface area contributed by atoms with Crippen LogP contribution >= 0.6 is 0 Å². The average molecular weight is 370 g/mol. The molecule has 6 nitrogen and oxygen atoms in total. The third-order valence-corrected chi connectivity index (χ3v) is 3.92. The molecule has 0 unspecified atom stereocenters. The van der Waals surface area contributed by atoms with Gasteiger partial charge in [0.25, 0.3) is 11.8 Å². The second-order valence-corrected chi connectivity index (χ2v) is 7.90. The first-order chi connectivity index (χ1) is 12.5. The molecule has 0 aliphatic heterocycles. The van der Waals surface area contributed by atoms with Gasteiger partial charge in [0.15, 0.2) is 0 Å². The number of nitrogens with zero attached hydrogens (tertiary/aromatic N) is 2. The fraction of sp³-hybridized carbons (Fsp3) is 0.333. The van der Waals surface area contributed by atoms with E-state index in [9.17, 15) is 19.8 Å². The molecule has 0 saturated heterocycles. The highest BCUT2D eigenvalue weighted by Crippen LogP contribution is 2.29. The Morgan fingerprint density at radius 3 is 2.00 bits per heavy atom. The summed E-state index contributed by atoms with van der Waals surface area (Å²) in [4.78, 5) is 28.2. The lowest BCUT2D eigenvalue weighted by Gasteiger charge is -2.30. The number of hydrogen-bond donors (Lipinski definition) is 2. The molecule has 0 aromatic heterocycles. The lowest BCUT2D eigenvalue weighted by Crippen LogP contribution is -2.38. The van der Waals surface area contributed by atoms with Crippen molar-refractivity contribution < 1.29 is 19.8 Å². The minimum absolute atomic E-state index is 0.102. The van der Waals surface area contributed by atoms with Crippen molar-refractivity contribution in [1.82, 2.24) is 4.90 Å². The second-order valence-electron chi connectivity index (χ2n) is 7.90. The van der Waals surface area contributed by atoms with Crippen LogP contribution in [0.15, 0.2) is 42.5 Å². The van der Waals surface area contributed by atoms with E-state index in [2.05, 4.69) is 0 Å². The van der Waals surface area contributed by atoms with Crippen molar-refractivity contribution in [1.29, 1.82) is 0 Å². The number of phenols is 2. The molecule has 0 bridgehead atoms. The maximum atomic E-state index is 13.1. The van der Waals surface area contributed by atoms with Crippen LogP contribution in [0.25, 0.3) is 0 Å². The van der Waals surface area contributed by atoms with Gasteiger partial charge in [-0.25, -0.2) is 0 Å². The molecule has 2 aromatic rings. The van der Waals surface area contributed by atoms with E-state index in [1.165, 1.54) is 17.0 Å². The maximum Gasteiger partial charge on any atom is 0.262 e. The molecular formula is C21H26N2O4. The normalized spacial score (nSPS) is 11.1. The lowest BCUT2D eigenvalue weighted by atomic mass is 9.95. The first-order valence-electron chi connectivity index (χ1n) is 8.65. The number of rotatable bonds is 4. The largest absolute Gasteiger partial charge is 0.508 e. The van der Waals surface area contributed by atoms with Gasteiger partial charge in [-0.05, 0) is 41.8 Å². The zero-order chi connectivity index (χ0) is 20.4. The van der Waals surface area contributed by atoms with E-state index in [0.717, 1.165) is 6.07 Å². The third-order valence-electron chi connectivity index (χ3n) is 3.92. The van der Waals surface area contributed by atoms with Gasteiger partial charge in [-0.15, -0.1) is 0 Å². The Labute approximate surface area is 159 Å². The monoisotopic (exact) mass is 370 g/mol. The van der Waals surface area contributed by atoms with Crippen molar-refractivity contribution >= 4 is 17.5 Å². The first-order valence-corrected chi connectivity index (χ1v) is 8.65. The molecule has 2 amide bonds. The van der Waals surface area contributed by atoms with Crippen molar-refractivity contribution in [2.45, 2.75) is 20.8 Å². The van der Waals surface area contributed by atoms with Crippen LogP contribution in [0.2, 0.25) is 0 Å². The quantitative estimate of drug-likeness (QED) is 0.863. The Morgan fingerprint density at radius 2 is 1.52 bits per heavy atom. The summed E-state index contributed by atoms with van der Waals surface area (Å²) in [7, 11) is 3.36. The maximum absolute atomic E-state index is 13.1. The highest BCUT2D eigenvalue weighted by molar-refractivity contribution is 6.08. The summed E-state index contributed by atoms with van der Waals surface area (Å²) >= 11 is 0. The molecule has 0 heterocycles. The zero-order valence-corrected chi connectivity index (χ0v) is 16.4. The lowest BCUT2D eigenvalue weighted by molar-refractivity contribution is 0.0827. The molecule has 2 aromatic carbocycles. The number of anilines is 1.